The molecule has 2 aromatic rings. The molecule has 0 saturated carbocycles. The monoisotopic (exact) mass is 422 g/mol. The predicted octanol–water partition coefficient (Wildman–Crippen LogP) is 3.46. The fourth-order valence-corrected chi connectivity index (χ4v) is 4.32. The van der Waals surface area contributed by atoms with E-state index in [-0.39, 0.29) is 5.91 Å². The minimum Gasteiger partial charge on any atom is -0.497 e. The van der Waals surface area contributed by atoms with Gasteiger partial charge < -0.3 is 14.1 Å². The Morgan fingerprint density at radius 3 is 2.67 bits per heavy atom. The molecule has 0 unspecified atom stereocenters. The van der Waals surface area contributed by atoms with Crippen LogP contribution >= 0.6 is 11.8 Å². The van der Waals surface area contributed by atoms with Gasteiger partial charge in [0.2, 0.25) is 0 Å². The maximum atomic E-state index is 12.4. The van der Waals surface area contributed by atoms with Crippen LogP contribution in [0.15, 0.2) is 50.7 Å². The van der Waals surface area contributed by atoms with Crippen molar-refractivity contribution in [2.45, 2.75) is 6.42 Å². The van der Waals surface area contributed by atoms with Gasteiger partial charge in [-0.2, -0.15) is 10.3 Å². The maximum Gasteiger partial charge on any atom is 0.286 e. The van der Waals surface area contributed by atoms with Crippen LogP contribution in [0.1, 0.15) is 12.2 Å². The number of nitrogens with zero attached hydrogens (tertiary/aromatic N) is 4. The number of aliphatic imine (C=N–C) groups is 1. The number of benzene rings is 1. The number of carbonyl (C=O) groups is 1. The second kappa shape index (κ2) is 9.20. The lowest BCUT2D eigenvalue weighted by Crippen LogP contribution is -2.47. The van der Waals surface area contributed by atoms with E-state index in [4.69, 9.17) is 14.4 Å². The van der Waals surface area contributed by atoms with Crippen molar-refractivity contribution in [2.24, 2.45) is 4.99 Å². The van der Waals surface area contributed by atoms with Gasteiger partial charge in [0.15, 0.2) is 5.17 Å². The minimum atomic E-state index is -0.232. The first-order valence-electron chi connectivity index (χ1n) is 9.77. The number of methoxy groups -OCH3 is 1. The van der Waals surface area contributed by atoms with E-state index in [1.807, 2.05) is 36.4 Å². The highest BCUT2D eigenvalue weighted by Crippen LogP contribution is 2.32. The van der Waals surface area contributed by atoms with E-state index >= 15 is 0 Å². The second-order valence-corrected chi connectivity index (χ2v) is 7.99. The zero-order chi connectivity index (χ0) is 20.9. The molecule has 2 aliphatic rings. The number of carbonyl (C=O) groups excluding carboxylic acids is 1. The van der Waals surface area contributed by atoms with Crippen LogP contribution < -0.4 is 4.74 Å². The van der Waals surface area contributed by atoms with E-state index in [1.165, 1.54) is 11.8 Å². The lowest BCUT2D eigenvalue weighted by Gasteiger charge is -2.34. The van der Waals surface area contributed by atoms with Crippen LogP contribution in [0.4, 0.5) is 0 Å². The smallest absolute Gasteiger partial charge is 0.286 e. The molecule has 1 amide bonds. The lowest BCUT2D eigenvalue weighted by atomic mass is 10.2. The van der Waals surface area contributed by atoms with Gasteiger partial charge in [-0.1, -0.05) is 0 Å². The summed E-state index contributed by atoms with van der Waals surface area (Å²) in [4.78, 5) is 21.6. The summed E-state index contributed by atoms with van der Waals surface area (Å²) in [6.07, 6.45) is 2.29. The quantitative estimate of drug-likeness (QED) is 0.683. The molecule has 1 saturated heterocycles. The Kier molecular flexibility index (Phi) is 6.21. The largest absolute Gasteiger partial charge is 0.497 e. The molecular weight excluding hydrogens is 400 g/mol. The first-order chi connectivity index (χ1) is 14.7. The molecule has 0 N–H and O–H groups in total. The fourth-order valence-electron chi connectivity index (χ4n) is 3.37. The van der Waals surface area contributed by atoms with E-state index < -0.39 is 0 Å². The Morgan fingerprint density at radius 2 is 1.97 bits per heavy atom. The van der Waals surface area contributed by atoms with Gasteiger partial charge in [0.05, 0.1) is 18.1 Å². The Labute approximate surface area is 179 Å². The molecule has 1 aromatic heterocycles. The summed E-state index contributed by atoms with van der Waals surface area (Å²) in [5, 5.41) is 9.47. The number of hydrogen-bond donors (Lipinski definition) is 0. The highest BCUT2D eigenvalue weighted by atomic mass is 32.2. The van der Waals surface area contributed by atoms with E-state index in [0.717, 1.165) is 55.0 Å². The Balaban J connectivity index is 1.38. The third kappa shape index (κ3) is 4.58. The van der Waals surface area contributed by atoms with E-state index in [1.54, 1.807) is 13.2 Å². The van der Waals surface area contributed by atoms with E-state index in [2.05, 4.69) is 20.9 Å². The zero-order valence-electron chi connectivity index (χ0n) is 16.7. The van der Waals surface area contributed by atoms with Crippen LogP contribution in [0.2, 0.25) is 0 Å². The topological polar surface area (TPSA) is 82.1 Å². The summed E-state index contributed by atoms with van der Waals surface area (Å²) in [6, 6.07) is 13.6. The lowest BCUT2D eigenvalue weighted by molar-refractivity contribution is -0.113. The molecule has 4 rings (SSSR count). The minimum absolute atomic E-state index is 0.232. The molecule has 0 atom stereocenters. The fraction of sp³-hybridized carbons (Fsp3) is 0.318. The highest BCUT2D eigenvalue weighted by Gasteiger charge is 2.28. The number of hydrogen-bond acceptors (Lipinski definition) is 7. The summed E-state index contributed by atoms with van der Waals surface area (Å²) in [5.74, 6) is 1.91. The first kappa shape index (κ1) is 20.3. The summed E-state index contributed by atoms with van der Waals surface area (Å²) in [6.45, 7) is 4.15. The van der Waals surface area contributed by atoms with Crippen molar-refractivity contribution in [1.29, 1.82) is 5.26 Å². The normalized spacial score (nSPS) is 18.5. The van der Waals surface area contributed by atoms with Gasteiger partial charge in [-0.15, -0.1) is 0 Å². The van der Waals surface area contributed by atoms with Crippen molar-refractivity contribution in [3.63, 3.8) is 0 Å². The maximum absolute atomic E-state index is 12.4. The van der Waals surface area contributed by atoms with Crippen molar-refractivity contribution >= 4 is 28.9 Å². The molecule has 154 valence electrons. The van der Waals surface area contributed by atoms with Gasteiger partial charge in [0, 0.05) is 50.8 Å². The standard InChI is InChI=1S/C22H22N4O3S/c1-28-17-5-3-16(4-6-17)19-8-7-18(29-19)15-20-21(27)24-22(30-20)26-13-11-25(12-14-26)10-2-9-23/h3-8,15H,2,10-14H2,1H3. The van der Waals surface area contributed by atoms with Crippen molar-refractivity contribution in [2.75, 3.05) is 39.8 Å². The highest BCUT2D eigenvalue weighted by molar-refractivity contribution is 8.18. The van der Waals surface area contributed by atoms with Crippen LogP contribution in [-0.4, -0.2) is 60.7 Å². The third-order valence-corrected chi connectivity index (χ3v) is 6.11. The van der Waals surface area contributed by atoms with Crippen molar-refractivity contribution in [3.05, 3.63) is 47.1 Å². The number of amidine groups is 1. The number of nitriles is 1. The molecular formula is C22H22N4O3S. The first-order valence-corrected chi connectivity index (χ1v) is 10.6. The molecule has 0 bridgehead atoms. The number of piperazine rings is 1. The van der Waals surface area contributed by atoms with Crippen LogP contribution in [0.5, 0.6) is 5.75 Å². The molecule has 0 radical (unpaired) electrons. The van der Waals surface area contributed by atoms with Crippen LogP contribution in [0.25, 0.3) is 17.4 Å². The molecule has 3 heterocycles. The average Bonchev–Trinajstić information content (AvgIpc) is 3.40. The number of thioether (sulfide) groups is 1. The zero-order valence-corrected chi connectivity index (χ0v) is 17.5. The second-order valence-electron chi connectivity index (χ2n) is 6.98. The van der Waals surface area contributed by atoms with E-state index in [0.29, 0.717) is 17.1 Å². The molecule has 8 heteroatoms. The number of rotatable bonds is 5. The van der Waals surface area contributed by atoms with Crippen molar-refractivity contribution in [1.82, 2.24) is 9.80 Å². The van der Waals surface area contributed by atoms with Gasteiger partial charge in [-0.05, 0) is 48.2 Å². The van der Waals surface area contributed by atoms with Gasteiger partial charge in [-0.3, -0.25) is 9.69 Å². The summed E-state index contributed by atoms with van der Waals surface area (Å²) >= 11 is 1.39. The third-order valence-electron chi connectivity index (χ3n) is 5.07. The van der Waals surface area contributed by atoms with Gasteiger partial charge in [-0.25, -0.2) is 0 Å². The van der Waals surface area contributed by atoms with E-state index in [9.17, 15) is 4.79 Å². The number of amides is 1. The SMILES string of the molecule is COc1ccc(-c2ccc(C=C3SC(N4CCN(CCC#N)CC4)=NC3=O)o2)cc1. The van der Waals surface area contributed by atoms with Crippen LogP contribution in [0.3, 0.4) is 0 Å². The van der Waals surface area contributed by atoms with Crippen molar-refractivity contribution < 1.29 is 13.9 Å². The average molecular weight is 423 g/mol. The molecule has 0 spiro atoms. The van der Waals surface area contributed by atoms with Gasteiger partial charge >= 0.3 is 0 Å². The molecule has 30 heavy (non-hydrogen) atoms. The Hall–Kier alpha value is -3.02. The number of ether oxygens (including phenoxy) is 1. The molecule has 2 aliphatic heterocycles. The summed E-state index contributed by atoms with van der Waals surface area (Å²) in [7, 11) is 1.63. The summed E-state index contributed by atoms with van der Waals surface area (Å²) in [5.41, 5.74) is 0.942. The Bertz CT molecular complexity index is 1010. The Morgan fingerprint density at radius 1 is 1.20 bits per heavy atom. The molecule has 7 nitrogen and oxygen atoms in total. The molecule has 1 aromatic carbocycles. The van der Waals surface area contributed by atoms with Crippen molar-refractivity contribution in [3.8, 4) is 23.1 Å². The van der Waals surface area contributed by atoms with Crippen LogP contribution in [-0.2, 0) is 4.79 Å². The summed E-state index contributed by atoms with van der Waals surface area (Å²) < 4.78 is 11.1. The van der Waals surface area contributed by atoms with Crippen LogP contribution in [0, 0.1) is 11.3 Å². The molecule has 1 fully saturated rings. The predicted molar refractivity (Wildman–Crippen MR) is 117 cm³/mol. The van der Waals surface area contributed by atoms with Gasteiger partial charge in [0.1, 0.15) is 17.3 Å². The molecule has 0 aliphatic carbocycles. The number of furan rings is 1. The van der Waals surface area contributed by atoms with Gasteiger partial charge in [0.25, 0.3) is 5.91 Å².